The molecule has 1 heterocycles. The van der Waals surface area contributed by atoms with Crippen LogP contribution in [0.2, 0.25) is 0 Å². The Hall–Kier alpha value is -2.82. The van der Waals surface area contributed by atoms with E-state index in [1.54, 1.807) is 0 Å². The molecule has 5 nitrogen and oxygen atoms in total. The van der Waals surface area contributed by atoms with Gasteiger partial charge in [0.2, 0.25) is 0 Å². The predicted molar refractivity (Wildman–Crippen MR) is 104 cm³/mol. The highest BCUT2D eigenvalue weighted by molar-refractivity contribution is 5.94. The van der Waals surface area contributed by atoms with Gasteiger partial charge in [-0.25, -0.2) is 4.79 Å². The number of hydrogen-bond acceptors (Lipinski definition) is 2. The molecule has 1 aliphatic carbocycles. The summed E-state index contributed by atoms with van der Waals surface area (Å²) in [5, 5.41) is 6.19. The third-order valence-electron chi connectivity index (χ3n) is 5.69. The Morgan fingerprint density at radius 2 is 1.67 bits per heavy atom. The summed E-state index contributed by atoms with van der Waals surface area (Å²) in [6, 6.07) is 19.9. The van der Waals surface area contributed by atoms with Crippen molar-refractivity contribution >= 4 is 11.9 Å². The van der Waals surface area contributed by atoms with Gasteiger partial charge >= 0.3 is 6.03 Å². The number of urea groups is 1. The zero-order valence-electron chi connectivity index (χ0n) is 15.3. The van der Waals surface area contributed by atoms with Gasteiger partial charge in [0.25, 0.3) is 5.91 Å². The summed E-state index contributed by atoms with van der Waals surface area (Å²) in [5.74, 6) is 0.328. The molecule has 2 fully saturated rings. The standard InChI is InChI=1S/C22H25N3O2/c26-21(17-9-5-2-6-10-17)24-20-14-19-13-18(20)15-25(19)22(27)23-12-11-16-7-3-1-4-8-16/h1-10,18-20H,11-15H2,(H,23,27)(H,24,26)/t18-,19-,20-/m0/s1. The van der Waals surface area contributed by atoms with Crippen LogP contribution < -0.4 is 10.6 Å². The topological polar surface area (TPSA) is 61.4 Å². The minimum atomic E-state index is -0.0213. The average Bonchev–Trinajstić information content (AvgIpc) is 3.30. The molecule has 140 valence electrons. The molecule has 1 saturated heterocycles. The van der Waals surface area contributed by atoms with Crippen LogP contribution in [0.3, 0.4) is 0 Å². The molecule has 2 bridgehead atoms. The summed E-state index contributed by atoms with van der Waals surface area (Å²) >= 11 is 0. The maximum Gasteiger partial charge on any atom is 0.317 e. The Bertz CT molecular complexity index is 794. The largest absolute Gasteiger partial charge is 0.349 e. The highest BCUT2D eigenvalue weighted by Crippen LogP contribution is 2.37. The Morgan fingerprint density at radius 1 is 0.963 bits per heavy atom. The Morgan fingerprint density at radius 3 is 2.33 bits per heavy atom. The predicted octanol–water partition coefficient (Wildman–Crippen LogP) is 2.83. The van der Waals surface area contributed by atoms with Gasteiger partial charge in [0.05, 0.1) is 0 Å². The summed E-state index contributed by atoms with van der Waals surface area (Å²) in [4.78, 5) is 26.8. The van der Waals surface area contributed by atoms with E-state index < -0.39 is 0 Å². The molecule has 1 saturated carbocycles. The van der Waals surface area contributed by atoms with E-state index in [0.717, 1.165) is 25.8 Å². The van der Waals surface area contributed by atoms with Crippen molar-refractivity contribution in [2.45, 2.75) is 31.3 Å². The fourth-order valence-electron chi connectivity index (χ4n) is 4.28. The summed E-state index contributed by atoms with van der Waals surface area (Å²) in [6.45, 7) is 1.37. The fourth-order valence-corrected chi connectivity index (χ4v) is 4.28. The van der Waals surface area contributed by atoms with Crippen LogP contribution in [0.4, 0.5) is 4.79 Å². The molecule has 0 radical (unpaired) electrons. The number of nitrogens with one attached hydrogen (secondary N) is 2. The summed E-state index contributed by atoms with van der Waals surface area (Å²) < 4.78 is 0. The lowest BCUT2D eigenvalue weighted by Gasteiger charge is -2.32. The molecule has 4 rings (SSSR count). The molecule has 1 aliphatic heterocycles. The van der Waals surface area contributed by atoms with Crippen LogP contribution >= 0.6 is 0 Å². The first kappa shape index (κ1) is 17.6. The minimum Gasteiger partial charge on any atom is -0.349 e. The first-order chi connectivity index (χ1) is 13.2. The second-order valence-electron chi connectivity index (χ2n) is 7.45. The van der Waals surface area contributed by atoms with E-state index in [4.69, 9.17) is 0 Å². The van der Waals surface area contributed by atoms with Crippen molar-refractivity contribution in [3.8, 4) is 0 Å². The third kappa shape index (κ3) is 3.97. The highest BCUT2D eigenvalue weighted by atomic mass is 16.2. The zero-order chi connectivity index (χ0) is 18.6. The third-order valence-corrected chi connectivity index (χ3v) is 5.69. The summed E-state index contributed by atoms with van der Waals surface area (Å²) in [5.41, 5.74) is 1.92. The molecule has 3 atom stereocenters. The number of amides is 3. The molecule has 0 aromatic heterocycles. The maximum atomic E-state index is 12.5. The normalized spacial score (nSPS) is 23.3. The minimum absolute atomic E-state index is 0.0197. The van der Waals surface area contributed by atoms with Crippen LogP contribution in [0.15, 0.2) is 60.7 Å². The number of benzene rings is 2. The number of piperidine rings is 1. The lowest BCUT2D eigenvalue weighted by Crippen LogP contribution is -2.50. The van der Waals surface area contributed by atoms with Crippen LogP contribution in [0.5, 0.6) is 0 Å². The van der Waals surface area contributed by atoms with Crippen LogP contribution in [0.25, 0.3) is 0 Å². The molecule has 2 aliphatic rings. The molecule has 3 amide bonds. The molecule has 2 aromatic rings. The van der Waals surface area contributed by atoms with E-state index in [9.17, 15) is 9.59 Å². The maximum absolute atomic E-state index is 12.5. The fraction of sp³-hybridized carbons (Fsp3) is 0.364. The molecule has 0 spiro atoms. The number of rotatable bonds is 5. The smallest absolute Gasteiger partial charge is 0.317 e. The summed E-state index contributed by atoms with van der Waals surface area (Å²) in [7, 11) is 0. The number of nitrogens with zero attached hydrogens (tertiary/aromatic N) is 1. The van der Waals surface area contributed by atoms with E-state index in [1.165, 1.54) is 5.56 Å². The molecule has 27 heavy (non-hydrogen) atoms. The molecule has 5 heteroatoms. The van der Waals surface area contributed by atoms with Crippen molar-refractivity contribution in [2.75, 3.05) is 13.1 Å². The Labute approximate surface area is 159 Å². The van der Waals surface area contributed by atoms with Gasteiger partial charge < -0.3 is 15.5 Å². The number of likely N-dealkylation sites (tertiary alicyclic amines) is 1. The Kier molecular flexibility index (Phi) is 5.10. The van der Waals surface area contributed by atoms with Crippen LogP contribution in [-0.2, 0) is 6.42 Å². The lowest BCUT2D eigenvalue weighted by molar-refractivity contribution is 0.0913. The quantitative estimate of drug-likeness (QED) is 0.858. The Balaban J connectivity index is 1.24. The van der Waals surface area contributed by atoms with Gasteiger partial charge in [0, 0.05) is 30.7 Å². The van der Waals surface area contributed by atoms with Gasteiger partial charge in [-0.15, -0.1) is 0 Å². The second kappa shape index (κ2) is 7.82. The van der Waals surface area contributed by atoms with Crippen LogP contribution in [-0.4, -0.2) is 42.0 Å². The van der Waals surface area contributed by atoms with Gasteiger partial charge in [-0.3, -0.25) is 4.79 Å². The number of carbonyl (C=O) groups excluding carboxylic acids is 2. The highest BCUT2D eigenvalue weighted by Gasteiger charge is 2.46. The molecule has 0 unspecified atom stereocenters. The van der Waals surface area contributed by atoms with Crippen molar-refractivity contribution in [1.29, 1.82) is 0 Å². The number of carbonyl (C=O) groups is 2. The van der Waals surface area contributed by atoms with Crippen molar-refractivity contribution < 1.29 is 9.59 Å². The first-order valence-electron chi connectivity index (χ1n) is 9.65. The van der Waals surface area contributed by atoms with E-state index in [2.05, 4.69) is 22.8 Å². The van der Waals surface area contributed by atoms with E-state index >= 15 is 0 Å². The van der Waals surface area contributed by atoms with Gasteiger partial charge in [-0.05, 0) is 42.9 Å². The monoisotopic (exact) mass is 363 g/mol. The van der Waals surface area contributed by atoms with Crippen LogP contribution in [0.1, 0.15) is 28.8 Å². The van der Waals surface area contributed by atoms with Gasteiger partial charge in [0.1, 0.15) is 0 Å². The lowest BCUT2D eigenvalue weighted by atomic mass is 10.0. The average molecular weight is 363 g/mol. The van der Waals surface area contributed by atoms with E-state index in [-0.39, 0.29) is 24.0 Å². The van der Waals surface area contributed by atoms with Gasteiger partial charge in [-0.1, -0.05) is 48.5 Å². The van der Waals surface area contributed by atoms with Crippen molar-refractivity contribution in [2.24, 2.45) is 5.92 Å². The molecule has 2 N–H and O–H groups in total. The van der Waals surface area contributed by atoms with Crippen molar-refractivity contribution in [3.63, 3.8) is 0 Å². The van der Waals surface area contributed by atoms with Crippen LogP contribution in [0, 0.1) is 5.92 Å². The van der Waals surface area contributed by atoms with E-state index in [0.29, 0.717) is 18.0 Å². The van der Waals surface area contributed by atoms with Crippen molar-refractivity contribution in [1.82, 2.24) is 15.5 Å². The van der Waals surface area contributed by atoms with Gasteiger partial charge in [-0.2, -0.15) is 0 Å². The molecular formula is C22H25N3O2. The number of hydrogen-bond donors (Lipinski definition) is 2. The van der Waals surface area contributed by atoms with E-state index in [1.807, 2.05) is 53.4 Å². The SMILES string of the molecule is O=C(N[C@H]1C[C@@H]2C[C@H]1CN2C(=O)NCCc1ccccc1)c1ccccc1. The van der Waals surface area contributed by atoms with Gasteiger partial charge in [0.15, 0.2) is 0 Å². The zero-order valence-corrected chi connectivity index (χ0v) is 15.3. The molecule has 2 aromatic carbocycles. The van der Waals surface area contributed by atoms with Crippen molar-refractivity contribution in [3.05, 3.63) is 71.8 Å². The summed E-state index contributed by atoms with van der Waals surface area (Å²) in [6.07, 6.45) is 2.66. The first-order valence-corrected chi connectivity index (χ1v) is 9.65. The molecular weight excluding hydrogens is 338 g/mol. The second-order valence-corrected chi connectivity index (χ2v) is 7.45. The number of fused-ring (bicyclic) bond motifs is 2.